The van der Waals surface area contributed by atoms with Crippen LogP contribution in [0.5, 0.6) is 5.75 Å². The summed E-state index contributed by atoms with van der Waals surface area (Å²) in [6.07, 6.45) is 1.43. The fourth-order valence-corrected chi connectivity index (χ4v) is 4.72. The quantitative estimate of drug-likeness (QED) is 0.428. The predicted molar refractivity (Wildman–Crippen MR) is 131 cm³/mol. The Kier molecular flexibility index (Phi) is 6.96. The van der Waals surface area contributed by atoms with E-state index in [0.29, 0.717) is 46.9 Å². The maximum Gasteiger partial charge on any atom is 0.304 e. The average Bonchev–Trinajstić information content (AvgIpc) is 3.24. The van der Waals surface area contributed by atoms with Crippen LogP contribution in [0, 0.1) is 5.92 Å². The molecule has 7 nitrogen and oxygen atoms in total. The second-order valence-electron chi connectivity index (χ2n) is 9.26. The summed E-state index contributed by atoms with van der Waals surface area (Å²) in [5, 5.41) is 8.19. The van der Waals surface area contributed by atoms with Gasteiger partial charge in [-0.05, 0) is 49.9 Å². The van der Waals surface area contributed by atoms with Gasteiger partial charge >= 0.3 is 5.97 Å². The van der Waals surface area contributed by atoms with E-state index >= 15 is 0 Å². The van der Waals surface area contributed by atoms with E-state index in [-0.39, 0.29) is 12.1 Å². The highest BCUT2D eigenvalue weighted by molar-refractivity contribution is 6.32. The normalized spacial score (nSPS) is 17.6. The highest BCUT2D eigenvalue weighted by Gasteiger charge is 2.41. The van der Waals surface area contributed by atoms with Gasteiger partial charge < -0.3 is 14.0 Å². The van der Waals surface area contributed by atoms with Gasteiger partial charge in [0.1, 0.15) is 5.75 Å². The second kappa shape index (κ2) is 9.76. The molecule has 2 aromatic carbocycles. The van der Waals surface area contributed by atoms with Crippen molar-refractivity contribution in [1.29, 1.82) is 0 Å². The Morgan fingerprint density at radius 2 is 2.03 bits per heavy atom. The van der Waals surface area contributed by atoms with Crippen LogP contribution in [0.2, 0.25) is 5.02 Å². The molecule has 0 fully saturated rings. The van der Waals surface area contributed by atoms with Gasteiger partial charge in [0.2, 0.25) is 5.82 Å². The second-order valence-corrected chi connectivity index (χ2v) is 9.67. The third-order valence-electron chi connectivity index (χ3n) is 5.62. The fourth-order valence-electron chi connectivity index (χ4n) is 4.50. The Bertz CT molecular complexity index is 1190. The molecule has 0 spiro atoms. The Labute approximate surface area is 204 Å². The number of esters is 1. The number of hydrogen-bond donors (Lipinski definition) is 1. The number of nitrogens with zero attached hydrogens (tertiary/aromatic N) is 2. The van der Waals surface area contributed by atoms with Gasteiger partial charge in [-0.2, -0.15) is 4.98 Å². The summed E-state index contributed by atoms with van der Waals surface area (Å²) in [5.74, 6) is 1.44. The SMILES string of the molecule is CC(=O)OC1(CC(C)C)NCCc2c(-c3noc(-c4ccc(OC(C)C)c(Cl)c4)n3)cccc21. The first kappa shape index (κ1) is 24.2. The van der Waals surface area contributed by atoms with Crippen molar-refractivity contribution < 1.29 is 18.8 Å². The minimum absolute atomic E-state index is 0.0203. The van der Waals surface area contributed by atoms with Crippen LogP contribution in [0.3, 0.4) is 0 Å². The van der Waals surface area contributed by atoms with E-state index in [1.807, 2.05) is 38.1 Å². The van der Waals surface area contributed by atoms with E-state index in [1.165, 1.54) is 6.92 Å². The first-order valence-corrected chi connectivity index (χ1v) is 11.9. The van der Waals surface area contributed by atoms with Gasteiger partial charge in [-0.1, -0.05) is 48.8 Å². The molecule has 34 heavy (non-hydrogen) atoms. The lowest BCUT2D eigenvalue weighted by Gasteiger charge is -2.40. The van der Waals surface area contributed by atoms with E-state index < -0.39 is 5.72 Å². The molecular weight excluding hydrogens is 454 g/mol. The molecule has 0 bridgehead atoms. The lowest BCUT2D eigenvalue weighted by Crippen LogP contribution is -2.51. The third kappa shape index (κ3) is 4.95. The molecule has 2 heterocycles. The minimum atomic E-state index is -0.879. The molecule has 0 saturated heterocycles. The monoisotopic (exact) mass is 483 g/mol. The molecule has 0 aliphatic carbocycles. The first-order valence-electron chi connectivity index (χ1n) is 11.6. The van der Waals surface area contributed by atoms with Crippen molar-refractivity contribution in [1.82, 2.24) is 15.5 Å². The summed E-state index contributed by atoms with van der Waals surface area (Å²) < 4.78 is 17.2. The molecule has 8 heteroatoms. The third-order valence-corrected chi connectivity index (χ3v) is 5.91. The van der Waals surface area contributed by atoms with Gasteiger partial charge in [-0.25, -0.2) is 0 Å². The molecule has 0 radical (unpaired) electrons. The maximum atomic E-state index is 12.0. The number of hydrogen-bond acceptors (Lipinski definition) is 7. The van der Waals surface area contributed by atoms with E-state index in [1.54, 1.807) is 12.1 Å². The van der Waals surface area contributed by atoms with Crippen LogP contribution < -0.4 is 10.1 Å². The van der Waals surface area contributed by atoms with Crippen LogP contribution >= 0.6 is 11.6 Å². The van der Waals surface area contributed by atoms with Gasteiger partial charge in [0.25, 0.3) is 5.89 Å². The molecule has 0 amide bonds. The number of carbonyl (C=O) groups excluding carboxylic acids is 1. The molecule has 3 aromatic rings. The summed E-state index contributed by atoms with van der Waals surface area (Å²) >= 11 is 6.39. The van der Waals surface area contributed by atoms with Crippen LogP contribution in [0.25, 0.3) is 22.8 Å². The average molecular weight is 484 g/mol. The zero-order valence-corrected chi connectivity index (χ0v) is 20.9. The maximum absolute atomic E-state index is 12.0. The van der Waals surface area contributed by atoms with Crippen molar-refractivity contribution >= 4 is 17.6 Å². The molecule has 0 saturated carbocycles. The Morgan fingerprint density at radius 3 is 2.71 bits per heavy atom. The molecule has 1 aromatic heterocycles. The summed E-state index contributed by atoms with van der Waals surface area (Å²) in [6, 6.07) is 11.3. The van der Waals surface area contributed by atoms with E-state index in [9.17, 15) is 4.79 Å². The fraction of sp³-hybridized carbons (Fsp3) is 0.423. The molecular formula is C26H30ClN3O4. The number of halogens is 1. The van der Waals surface area contributed by atoms with Gasteiger partial charge in [0, 0.05) is 36.6 Å². The lowest BCUT2D eigenvalue weighted by atomic mass is 9.83. The Hall–Kier alpha value is -2.90. The molecule has 1 aliphatic heterocycles. The smallest absolute Gasteiger partial charge is 0.304 e. The van der Waals surface area contributed by atoms with Crippen molar-refractivity contribution in [3.63, 3.8) is 0 Å². The summed E-state index contributed by atoms with van der Waals surface area (Å²) in [4.78, 5) is 16.7. The molecule has 1 unspecified atom stereocenters. The number of aromatic nitrogens is 2. The Balaban J connectivity index is 1.71. The van der Waals surface area contributed by atoms with E-state index in [2.05, 4.69) is 29.3 Å². The molecule has 1 atom stereocenters. The van der Waals surface area contributed by atoms with Crippen LogP contribution in [0.4, 0.5) is 0 Å². The predicted octanol–water partition coefficient (Wildman–Crippen LogP) is 5.75. The summed E-state index contributed by atoms with van der Waals surface area (Å²) in [5.41, 5.74) is 2.68. The zero-order chi connectivity index (χ0) is 24.5. The highest BCUT2D eigenvalue weighted by Crippen LogP contribution is 2.39. The van der Waals surface area contributed by atoms with Gasteiger partial charge in [0.05, 0.1) is 11.1 Å². The largest absolute Gasteiger partial charge is 0.489 e. The lowest BCUT2D eigenvalue weighted by molar-refractivity contribution is -0.166. The zero-order valence-electron chi connectivity index (χ0n) is 20.1. The Morgan fingerprint density at radius 1 is 1.24 bits per heavy atom. The number of carbonyl (C=O) groups is 1. The number of nitrogens with one attached hydrogen (secondary N) is 1. The van der Waals surface area contributed by atoms with Crippen molar-refractivity contribution in [2.24, 2.45) is 5.92 Å². The number of fused-ring (bicyclic) bond motifs is 1. The van der Waals surface area contributed by atoms with E-state index in [0.717, 1.165) is 23.1 Å². The molecule has 4 rings (SSSR count). The van der Waals surface area contributed by atoms with Crippen LogP contribution in [-0.4, -0.2) is 28.8 Å². The van der Waals surface area contributed by atoms with Crippen LogP contribution in [-0.2, 0) is 21.7 Å². The van der Waals surface area contributed by atoms with Crippen molar-refractivity contribution in [2.45, 2.75) is 59.3 Å². The van der Waals surface area contributed by atoms with Gasteiger partial charge in [0.15, 0.2) is 5.72 Å². The molecule has 1 N–H and O–H groups in total. The summed E-state index contributed by atoms with van der Waals surface area (Å²) in [6.45, 7) is 10.2. The van der Waals surface area contributed by atoms with E-state index in [4.69, 9.17) is 25.6 Å². The topological polar surface area (TPSA) is 86.5 Å². The van der Waals surface area contributed by atoms with Gasteiger partial charge in [-0.15, -0.1) is 0 Å². The first-order chi connectivity index (χ1) is 16.2. The van der Waals surface area contributed by atoms with Crippen molar-refractivity contribution in [3.8, 4) is 28.6 Å². The van der Waals surface area contributed by atoms with Crippen molar-refractivity contribution in [2.75, 3.05) is 6.54 Å². The summed E-state index contributed by atoms with van der Waals surface area (Å²) in [7, 11) is 0. The minimum Gasteiger partial charge on any atom is -0.489 e. The number of rotatable bonds is 7. The van der Waals surface area contributed by atoms with Crippen LogP contribution in [0.15, 0.2) is 40.9 Å². The van der Waals surface area contributed by atoms with Gasteiger partial charge in [-0.3, -0.25) is 10.1 Å². The standard InChI is InChI=1S/C26H30ClN3O4/c1-15(2)14-26(33-17(5)31)21-8-6-7-20(19(21)11-12-28-26)24-29-25(34-30-24)18-9-10-23(22(27)13-18)32-16(3)4/h6-10,13,15-16,28H,11-12,14H2,1-5H3. The number of benzene rings is 2. The highest BCUT2D eigenvalue weighted by atomic mass is 35.5. The molecule has 1 aliphatic rings. The molecule has 180 valence electrons. The van der Waals surface area contributed by atoms with Crippen molar-refractivity contribution in [3.05, 3.63) is 52.5 Å². The number of ether oxygens (including phenoxy) is 2. The van der Waals surface area contributed by atoms with Crippen LogP contribution in [0.1, 0.15) is 52.2 Å².